The Hall–Kier alpha value is -1.26. The largest absolute Gasteiger partial charge is 0.377 e. The number of rotatable bonds is 2. The van der Waals surface area contributed by atoms with Crippen LogP contribution in [0.4, 0.5) is 0 Å². The van der Waals surface area contributed by atoms with Crippen LogP contribution >= 0.6 is 11.8 Å². The standard InChI is InChI=1S/C12H13NO2S/c1-8(14)16-12(15)10-7-13(2)11-6-4-3-5-9(10)11/h3-7,12,15H,1-2H3. The van der Waals surface area contributed by atoms with Gasteiger partial charge in [0.15, 0.2) is 5.12 Å². The molecule has 1 atom stereocenters. The third-order valence-corrected chi connectivity index (χ3v) is 3.28. The van der Waals surface area contributed by atoms with Crippen molar-refractivity contribution < 1.29 is 9.90 Å². The molecular formula is C12H13NO2S. The van der Waals surface area contributed by atoms with E-state index in [1.807, 2.05) is 42.1 Å². The molecule has 4 heteroatoms. The molecule has 84 valence electrons. The lowest BCUT2D eigenvalue weighted by Gasteiger charge is -2.05. The summed E-state index contributed by atoms with van der Waals surface area (Å²) in [6, 6.07) is 7.83. The van der Waals surface area contributed by atoms with Crippen LogP contribution in [0.15, 0.2) is 30.5 Å². The second-order valence-electron chi connectivity index (χ2n) is 3.67. The van der Waals surface area contributed by atoms with E-state index in [-0.39, 0.29) is 5.12 Å². The Morgan fingerprint density at radius 1 is 1.44 bits per heavy atom. The summed E-state index contributed by atoms with van der Waals surface area (Å²) in [4.78, 5) is 11.0. The summed E-state index contributed by atoms with van der Waals surface area (Å²) < 4.78 is 1.95. The van der Waals surface area contributed by atoms with Crippen molar-refractivity contribution in [1.29, 1.82) is 0 Å². The maximum atomic E-state index is 11.0. The number of carbonyl (C=O) groups is 1. The molecule has 0 saturated heterocycles. The molecule has 0 aliphatic heterocycles. The highest BCUT2D eigenvalue weighted by atomic mass is 32.2. The van der Waals surface area contributed by atoms with Gasteiger partial charge >= 0.3 is 0 Å². The second-order valence-corrected chi connectivity index (χ2v) is 4.93. The molecule has 1 unspecified atom stereocenters. The van der Waals surface area contributed by atoms with Crippen LogP contribution in [0.2, 0.25) is 0 Å². The number of nitrogens with zero attached hydrogens (tertiary/aromatic N) is 1. The Bertz CT molecular complexity index is 533. The minimum atomic E-state index is -0.788. The van der Waals surface area contributed by atoms with Gasteiger partial charge in [0.1, 0.15) is 5.44 Å². The monoisotopic (exact) mass is 235 g/mol. The first-order chi connectivity index (χ1) is 7.59. The van der Waals surface area contributed by atoms with Crippen LogP contribution in [-0.4, -0.2) is 14.8 Å². The summed E-state index contributed by atoms with van der Waals surface area (Å²) >= 11 is 0.939. The van der Waals surface area contributed by atoms with Gasteiger partial charge in [-0.1, -0.05) is 30.0 Å². The molecule has 3 nitrogen and oxygen atoms in total. The summed E-state index contributed by atoms with van der Waals surface area (Å²) in [5.41, 5.74) is 1.06. The van der Waals surface area contributed by atoms with Gasteiger partial charge in [-0.05, 0) is 6.07 Å². The summed E-state index contributed by atoms with van der Waals surface area (Å²) in [7, 11) is 1.93. The molecule has 1 aromatic heterocycles. The van der Waals surface area contributed by atoms with E-state index in [1.165, 1.54) is 6.92 Å². The van der Waals surface area contributed by atoms with Crippen molar-refractivity contribution in [2.75, 3.05) is 0 Å². The lowest BCUT2D eigenvalue weighted by molar-refractivity contribution is -0.109. The number of aliphatic hydroxyl groups excluding tert-OH is 1. The maximum Gasteiger partial charge on any atom is 0.188 e. The fourth-order valence-corrected chi connectivity index (χ4v) is 2.42. The number of aromatic nitrogens is 1. The molecule has 1 heterocycles. The molecule has 0 amide bonds. The summed E-state index contributed by atoms with van der Waals surface area (Å²) in [5.74, 6) is 0. The van der Waals surface area contributed by atoms with Crippen LogP contribution in [0.5, 0.6) is 0 Å². The highest BCUT2D eigenvalue weighted by Gasteiger charge is 2.16. The van der Waals surface area contributed by atoms with E-state index >= 15 is 0 Å². The molecule has 0 fully saturated rings. The molecule has 2 aromatic rings. The molecule has 1 aromatic carbocycles. The fourth-order valence-electron chi connectivity index (χ4n) is 1.79. The van der Waals surface area contributed by atoms with Crippen molar-refractivity contribution >= 4 is 27.8 Å². The van der Waals surface area contributed by atoms with Gasteiger partial charge in [0.05, 0.1) is 0 Å². The smallest absolute Gasteiger partial charge is 0.188 e. The Kier molecular flexibility index (Phi) is 3.03. The number of hydrogen-bond acceptors (Lipinski definition) is 3. The molecule has 0 bridgehead atoms. The van der Waals surface area contributed by atoms with Crippen LogP contribution in [0.25, 0.3) is 10.9 Å². The van der Waals surface area contributed by atoms with E-state index in [2.05, 4.69) is 0 Å². The number of aliphatic hydroxyl groups is 1. The SMILES string of the molecule is CC(=O)SC(O)c1cn(C)c2ccccc12. The first-order valence-corrected chi connectivity index (χ1v) is 5.87. The van der Waals surface area contributed by atoms with Crippen molar-refractivity contribution in [1.82, 2.24) is 4.57 Å². The minimum Gasteiger partial charge on any atom is -0.377 e. The number of aryl methyl sites for hydroxylation is 1. The maximum absolute atomic E-state index is 11.0. The van der Waals surface area contributed by atoms with Crippen LogP contribution in [-0.2, 0) is 11.8 Å². The van der Waals surface area contributed by atoms with E-state index in [0.717, 1.165) is 28.2 Å². The van der Waals surface area contributed by atoms with Gasteiger partial charge in [0, 0.05) is 36.6 Å². The lowest BCUT2D eigenvalue weighted by atomic mass is 10.2. The van der Waals surface area contributed by atoms with Gasteiger partial charge in [-0.2, -0.15) is 0 Å². The van der Waals surface area contributed by atoms with Gasteiger partial charge in [-0.15, -0.1) is 0 Å². The quantitative estimate of drug-likeness (QED) is 0.813. The molecule has 1 N–H and O–H groups in total. The van der Waals surface area contributed by atoms with Crippen molar-refractivity contribution in [3.63, 3.8) is 0 Å². The summed E-state index contributed by atoms with van der Waals surface area (Å²) in [6.07, 6.45) is 1.87. The average molecular weight is 235 g/mol. The normalized spacial score (nSPS) is 12.9. The minimum absolute atomic E-state index is 0.0829. The lowest BCUT2D eigenvalue weighted by Crippen LogP contribution is -1.94. The molecule has 0 radical (unpaired) electrons. The zero-order valence-electron chi connectivity index (χ0n) is 9.18. The van der Waals surface area contributed by atoms with Gasteiger partial charge in [-0.3, -0.25) is 4.79 Å². The van der Waals surface area contributed by atoms with Gasteiger partial charge in [0.25, 0.3) is 0 Å². The van der Waals surface area contributed by atoms with Crippen molar-refractivity contribution in [2.45, 2.75) is 12.4 Å². The number of fused-ring (bicyclic) bond motifs is 1. The summed E-state index contributed by atoms with van der Waals surface area (Å²) in [5, 5.41) is 10.8. The number of benzene rings is 1. The van der Waals surface area contributed by atoms with Gasteiger partial charge in [0.2, 0.25) is 0 Å². The van der Waals surface area contributed by atoms with Crippen molar-refractivity contribution in [2.24, 2.45) is 7.05 Å². The molecule has 0 saturated carbocycles. The molecular weight excluding hydrogens is 222 g/mol. The predicted octanol–water partition coefficient (Wildman–Crippen LogP) is 2.45. The average Bonchev–Trinajstić information content (AvgIpc) is 2.56. The van der Waals surface area contributed by atoms with E-state index in [0.29, 0.717) is 0 Å². The van der Waals surface area contributed by atoms with Gasteiger partial charge < -0.3 is 9.67 Å². The van der Waals surface area contributed by atoms with E-state index in [9.17, 15) is 9.90 Å². The Labute approximate surface area is 98.1 Å². The number of carbonyl (C=O) groups excluding carboxylic acids is 1. The Balaban J connectivity index is 2.48. The molecule has 0 aliphatic carbocycles. The fraction of sp³-hybridized carbons (Fsp3) is 0.250. The first-order valence-electron chi connectivity index (χ1n) is 4.99. The topological polar surface area (TPSA) is 42.2 Å². The third kappa shape index (κ3) is 1.99. The van der Waals surface area contributed by atoms with Crippen LogP contribution < -0.4 is 0 Å². The number of thioether (sulfide) groups is 1. The van der Waals surface area contributed by atoms with Gasteiger partial charge in [-0.25, -0.2) is 0 Å². The highest BCUT2D eigenvalue weighted by molar-refractivity contribution is 8.13. The number of hydrogen-bond donors (Lipinski definition) is 1. The van der Waals surface area contributed by atoms with Crippen molar-refractivity contribution in [3.05, 3.63) is 36.0 Å². The molecule has 0 aliphatic rings. The van der Waals surface area contributed by atoms with Crippen molar-refractivity contribution in [3.8, 4) is 0 Å². The zero-order valence-corrected chi connectivity index (χ0v) is 9.99. The number of para-hydroxylation sites is 1. The second kappa shape index (κ2) is 4.31. The Morgan fingerprint density at radius 3 is 2.81 bits per heavy atom. The van der Waals surface area contributed by atoms with Crippen LogP contribution in [0, 0.1) is 0 Å². The predicted molar refractivity (Wildman–Crippen MR) is 66.2 cm³/mol. The summed E-state index contributed by atoms with van der Waals surface area (Å²) in [6.45, 7) is 1.46. The molecule has 16 heavy (non-hydrogen) atoms. The van der Waals surface area contributed by atoms with E-state index < -0.39 is 5.44 Å². The van der Waals surface area contributed by atoms with Crippen LogP contribution in [0.1, 0.15) is 17.9 Å². The Morgan fingerprint density at radius 2 is 2.12 bits per heavy atom. The van der Waals surface area contributed by atoms with E-state index in [4.69, 9.17) is 0 Å². The molecule has 2 rings (SSSR count). The first kappa shape index (κ1) is 11.2. The highest BCUT2D eigenvalue weighted by Crippen LogP contribution is 2.32. The molecule has 0 spiro atoms. The van der Waals surface area contributed by atoms with E-state index in [1.54, 1.807) is 0 Å². The zero-order chi connectivity index (χ0) is 11.7. The van der Waals surface area contributed by atoms with Crippen LogP contribution in [0.3, 0.4) is 0 Å². The third-order valence-electron chi connectivity index (χ3n) is 2.47.